The fourth-order valence-electron chi connectivity index (χ4n) is 5.40. The van der Waals surface area contributed by atoms with Crippen LogP contribution < -0.4 is 5.63 Å². The molecule has 1 aliphatic rings. The topological polar surface area (TPSA) is 30.2 Å². The van der Waals surface area contributed by atoms with Gasteiger partial charge in [0.15, 0.2) is 11.4 Å². The summed E-state index contributed by atoms with van der Waals surface area (Å²) in [4.78, 5) is 12.8. The van der Waals surface area contributed by atoms with Crippen LogP contribution in [0.3, 0.4) is 0 Å². The first kappa shape index (κ1) is 22.0. The zero-order chi connectivity index (χ0) is 21.8. The summed E-state index contributed by atoms with van der Waals surface area (Å²) in [6, 6.07) is 9.94. The van der Waals surface area contributed by atoms with Crippen LogP contribution in [0.25, 0.3) is 21.7 Å². The summed E-state index contributed by atoms with van der Waals surface area (Å²) in [7, 11) is 0. The van der Waals surface area contributed by atoms with Crippen molar-refractivity contribution >= 4 is 21.7 Å². The third-order valence-electron chi connectivity index (χ3n) is 7.24. The molecule has 1 saturated carbocycles. The number of aryl methyl sites for hydroxylation is 1. The van der Waals surface area contributed by atoms with E-state index in [0.717, 1.165) is 37.0 Å². The minimum Gasteiger partial charge on any atom is -0.419 e. The Kier molecular flexibility index (Phi) is 7.09. The van der Waals surface area contributed by atoms with Gasteiger partial charge in [0.05, 0.1) is 5.39 Å². The van der Waals surface area contributed by atoms with Crippen LogP contribution in [-0.2, 0) is 6.42 Å². The quantitative estimate of drug-likeness (QED) is 0.208. The highest BCUT2D eigenvalue weighted by Crippen LogP contribution is 2.38. The lowest BCUT2D eigenvalue weighted by atomic mass is 9.77. The Morgan fingerprint density at radius 1 is 0.903 bits per heavy atom. The Labute approximate surface area is 184 Å². The van der Waals surface area contributed by atoms with E-state index in [0.29, 0.717) is 28.7 Å². The molecule has 31 heavy (non-hydrogen) atoms. The molecule has 3 heteroatoms. The van der Waals surface area contributed by atoms with Gasteiger partial charge in [-0.2, -0.15) is 0 Å². The van der Waals surface area contributed by atoms with Gasteiger partial charge >= 0.3 is 5.63 Å². The molecule has 0 radical (unpaired) electrons. The summed E-state index contributed by atoms with van der Waals surface area (Å²) in [6.45, 7) is 4.43. The highest BCUT2D eigenvalue weighted by atomic mass is 19.1. The molecule has 0 saturated heterocycles. The lowest BCUT2D eigenvalue weighted by Crippen LogP contribution is -2.13. The van der Waals surface area contributed by atoms with E-state index in [1.807, 2.05) is 24.3 Å². The van der Waals surface area contributed by atoms with Crippen LogP contribution in [0.4, 0.5) is 4.39 Å². The second-order valence-corrected chi connectivity index (χ2v) is 9.43. The third-order valence-corrected chi connectivity index (χ3v) is 7.24. The summed E-state index contributed by atoms with van der Waals surface area (Å²) in [5.74, 6) is 0.996. The molecule has 3 aromatic rings. The fourth-order valence-corrected chi connectivity index (χ4v) is 5.40. The largest absolute Gasteiger partial charge is 0.419 e. The SMILES string of the molecule is CCCCCCc1ccc2c(oc(=O)c3cc(C4CCC(CCC)CC4)ccc32)c1F. The Morgan fingerprint density at radius 3 is 2.42 bits per heavy atom. The maximum atomic E-state index is 15.1. The molecule has 0 atom stereocenters. The van der Waals surface area contributed by atoms with E-state index in [4.69, 9.17) is 4.42 Å². The van der Waals surface area contributed by atoms with Crippen LogP contribution in [0.15, 0.2) is 39.5 Å². The van der Waals surface area contributed by atoms with Crippen molar-refractivity contribution in [3.8, 4) is 0 Å². The Morgan fingerprint density at radius 2 is 1.68 bits per heavy atom. The first-order valence-electron chi connectivity index (χ1n) is 12.3. The molecular weight excluding hydrogens is 387 g/mol. The van der Waals surface area contributed by atoms with Gasteiger partial charge in [0, 0.05) is 10.8 Å². The van der Waals surface area contributed by atoms with E-state index < -0.39 is 5.63 Å². The van der Waals surface area contributed by atoms with Gasteiger partial charge in [-0.15, -0.1) is 0 Å². The monoisotopic (exact) mass is 422 g/mol. The Balaban J connectivity index is 1.63. The van der Waals surface area contributed by atoms with E-state index in [1.54, 1.807) is 0 Å². The summed E-state index contributed by atoms with van der Waals surface area (Å²) in [6.07, 6.45) is 12.6. The van der Waals surface area contributed by atoms with Crippen molar-refractivity contribution in [2.45, 2.75) is 90.4 Å². The Bertz CT molecular complexity index is 1090. The molecule has 1 aliphatic carbocycles. The van der Waals surface area contributed by atoms with E-state index in [-0.39, 0.29) is 11.4 Å². The molecule has 1 heterocycles. The molecule has 0 N–H and O–H groups in total. The van der Waals surface area contributed by atoms with E-state index in [1.165, 1.54) is 44.1 Å². The second kappa shape index (κ2) is 9.97. The predicted molar refractivity (Wildman–Crippen MR) is 127 cm³/mol. The normalized spacial score (nSPS) is 19.3. The number of rotatable bonds is 8. The summed E-state index contributed by atoms with van der Waals surface area (Å²) < 4.78 is 20.7. The second-order valence-electron chi connectivity index (χ2n) is 9.43. The number of hydrogen-bond donors (Lipinski definition) is 0. The van der Waals surface area contributed by atoms with Crippen molar-refractivity contribution < 1.29 is 8.81 Å². The number of fused-ring (bicyclic) bond motifs is 3. The molecule has 0 aliphatic heterocycles. The van der Waals surface area contributed by atoms with Crippen molar-refractivity contribution in [2.75, 3.05) is 0 Å². The molecular formula is C28H35FO2. The van der Waals surface area contributed by atoms with Crippen LogP contribution >= 0.6 is 0 Å². The van der Waals surface area contributed by atoms with Gasteiger partial charge in [0.2, 0.25) is 0 Å². The zero-order valence-electron chi connectivity index (χ0n) is 19.0. The number of halogens is 1. The highest BCUT2D eigenvalue weighted by molar-refractivity contribution is 6.04. The van der Waals surface area contributed by atoms with Crippen LogP contribution in [0.2, 0.25) is 0 Å². The van der Waals surface area contributed by atoms with Gasteiger partial charge in [0.25, 0.3) is 0 Å². The Hall–Kier alpha value is -2.16. The summed E-state index contributed by atoms with van der Waals surface area (Å²) in [5.41, 5.74) is 1.55. The van der Waals surface area contributed by atoms with Gasteiger partial charge in [-0.05, 0) is 67.6 Å². The van der Waals surface area contributed by atoms with Gasteiger partial charge in [-0.3, -0.25) is 0 Å². The van der Waals surface area contributed by atoms with Crippen LogP contribution in [0.1, 0.15) is 95.1 Å². The average Bonchev–Trinajstić information content (AvgIpc) is 2.79. The molecule has 2 aromatic carbocycles. The maximum absolute atomic E-state index is 15.1. The van der Waals surface area contributed by atoms with Gasteiger partial charge in [-0.25, -0.2) is 9.18 Å². The summed E-state index contributed by atoms with van der Waals surface area (Å²) in [5, 5.41) is 2.07. The van der Waals surface area contributed by atoms with E-state index in [9.17, 15) is 4.79 Å². The van der Waals surface area contributed by atoms with Crippen molar-refractivity contribution in [1.29, 1.82) is 0 Å². The molecule has 166 valence electrons. The molecule has 1 fully saturated rings. The smallest absolute Gasteiger partial charge is 0.344 e. The number of benzene rings is 2. The van der Waals surface area contributed by atoms with E-state index >= 15 is 4.39 Å². The van der Waals surface area contributed by atoms with E-state index in [2.05, 4.69) is 19.9 Å². The van der Waals surface area contributed by atoms with Gasteiger partial charge < -0.3 is 4.42 Å². The molecule has 0 bridgehead atoms. The fraction of sp³-hybridized carbons (Fsp3) is 0.536. The van der Waals surface area contributed by atoms with Gasteiger partial charge in [0.1, 0.15) is 0 Å². The third kappa shape index (κ3) is 4.71. The molecule has 4 rings (SSSR count). The molecule has 0 amide bonds. The number of hydrogen-bond acceptors (Lipinski definition) is 2. The standard InChI is InChI=1S/C28H35FO2/c1-3-5-6-7-9-21-14-17-24-23-16-15-22(20-12-10-19(8-4-2)11-13-20)18-25(23)28(30)31-27(24)26(21)29/h14-20H,3-13H2,1-2H3. The molecule has 2 nitrogen and oxygen atoms in total. The van der Waals surface area contributed by atoms with Crippen molar-refractivity contribution in [3.05, 3.63) is 57.7 Å². The maximum Gasteiger partial charge on any atom is 0.344 e. The summed E-state index contributed by atoms with van der Waals surface area (Å²) >= 11 is 0. The van der Waals surface area contributed by atoms with Crippen LogP contribution in [0.5, 0.6) is 0 Å². The molecule has 0 spiro atoms. The van der Waals surface area contributed by atoms with Crippen molar-refractivity contribution in [1.82, 2.24) is 0 Å². The van der Waals surface area contributed by atoms with Gasteiger partial charge in [-0.1, -0.05) is 70.2 Å². The lowest BCUT2D eigenvalue weighted by Gasteiger charge is -2.28. The molecule has 0 unspecified atom stereocenters. The van der Waals surface area contributed by atoms with Crippen LogP contribution in [-0.4, -0.2) is 0 Å². The van der Waals surface area contributed by atoms with Crippen molar-refractivity contribution in [3.63, 3.8) is 0 Å². The minimum absolute atomic E-state index is 0.110. The van der Waals surface area contributed by atoms with Crippen molar-refractivity contribution in [2.24, 2.45) is 5.92 Å². The number of unbranched alkanes of at least 4 members (excludes halogenated alkanes) is 3. The first-order valence-corrected chi connectivity index (χ1v) is 12.3. The molecule has 1 aromatic heterocycles. The predicted octanol–water partition coefficient (Wildman–Crippen LogP) is 8.28. The average molecular weight is 423 g/mol. The van der Waals surface area contributed by atoms with Crippen LogP contribution in [0, 0.1) is 11.7 Å². The minimum atomic E-state index is -0.425. The lowest BCUT2D eigenvalue weighted by molar-refractivity contribution is 0.308. The highest BCUT2D eigenvalue weighted by Gasteiger charge is 2.23. The zero-order valence-corrected chi connectivity index (χ0v) is 19.0. The first-order chi connectivity index (χ1) is 15.1.